The Morgan fingerprint density at radius 1 is 1.14 bits per heavy atom. The largest absolute Gasteiger partial charge is 0.312 e. The van der Waals surface area contributed by atoms with Crippen LogP contribution in [0.1, 0.15) is 40.5 Å². The highest BCUT2D eigenvalue weighted by molar-refractivity contribution is 6.37. The predicted molar refractivity (Wildman–Crippen MR) is 85.8 cm³/mol. The molecule has 1 aliphatic heterocycles. The monoisotopic (exact) mass is 330 g/mol. The summed E-state index contributed by atoms with van der Waals surface area (Å²) in [6.07, 6.45) is 0. The molecule has 0 spiro atoms. The number of benzene rings is 2. The van der Waals surface area contributed by atoms with Crippen molar-refractivity contribution in [2.24, 2.45) is 0 Å². The van der Waals surface area contributed by atoms with Crippen LogP contribution < -0.4 is 0 Å². The van der Waals surface area contributed by atoms with Crippen LogP contribution in [0.25, 0.3) is 0 Å². The smallest absolute Gasteiger partial charge is 0.257 e. The molecule has 0 fully saturated rings. The van der Waals surface area contributed by atoms with Crippen LogP contribution in [-0.4, -0.2) is 10.8 Å². The normalized spacial score (nSPS) is 18.0. The third kappa shape index (κ3) is 2.16. The molecule has 0 saturated heterocycles. The first kappa shape index (κ1) is 14.9. The molecule has 3 rings (SSSR count). The van der Waals surface area contributed by atoms with Gasteiger partial charge in [0.05, 0.1) is 22.7 Å². The number of carbonyl (C=O) groups excluding carboxylic acids is 1. The lowest BCUT2D eigenvalue weighted by atomic mass is 10.0. The molecule has 0 aliphatic carbocycles. The van der Waals surface area contributed by atoms with E-state index in [1.807, 2.05) is 37.3 Å². The Kier molecular flexibility index (Phi) is 3.82. The lowest BCUT2D eigenvalue weighted by Gasteiger charge is -2.28. The van der Waals surface area contributed by atoms with Crippen LogP contribution >= 0.6 is 23.2 Å². The standard InChI is InChI=1S/C17H12Cl2N2O/c1-10(11-5-3-2-4-6-11)21-14(9-20)15-12(18)7-8-13(19)16(15)17(21)22/h2-8,10,14H,1H3. The summed E-state index contributed by atoms with van der Waals surface area (Å²) in [5.41, 5.74) is 1.80. The van der Waals surface area contributed by atoms with Crippen molar-refractivity contribution in [3.05, 3.63) is 69.2 Å². The summed E-state index contributed by atoms with van der Waals surface area (Å²) in [6.45, 7) is 1.89. The van der Waals surface area contributed by atoms with Crippen LogP contribution in [0.4, 0.5) is 0 Å². The van der Waals surface area contributed by atoms with E-state index in [0.29, 0.717) is 21.2 Å². The Balaban J connectivity index is 2.12. The third-order valence-corrected chi connectivity index (χ3v) is 4.61. The zero-order chi connectivity index (χ0) is 15.9. The van der Waals surface area contributed by atoms with Crippen molar-refractivity contribution >= 4 is 29.1 Å². The first-order valence-electron chi connectivity index (χ1n) is 6.81. The number of halogens is 2. The number of hydrogen-bond donors (Lipinski definition) is 0. The molecule has 1 amide bonds. The van der Waals surface area contributed by atoms with Crippen LogP contribution in [0, 0.1) is 11.3 Å². The van der Waals surface area contributed by atoms with Gasteiger partial charge in [0.25, 0.3) is 5.91 Å². The lowest BCUT2D eigenvalue weighted by molar-refractivity contribution is 0.0687. The zero-order valence-corrected chi connectivity index (χ0v) is 13.3. The molecule has 0 saturated carbocycles. The van der Waals surface area contributed by atoms with E-state index < -0.39 is 6.04 Å². The summed E-state index contributed by atoms with van der Waals surface area (Å²) < 4.78 is 0. The Hall–Kier alpha value is -2.02. The van der Waals surface area contributed by atoms with Gasteiger partial charge in [-0.1, -0.05) is 53.5 Å². The highest BCUT2D eigenvalue weighted by atomic mass is 35.5. The Labute approximate surface area is 138 Å². The van der Waals surface area contributed by atoms with E-state index in [1.165, 1.54) is 4.90 Å². The van der Waals surface area contributed by atoms with Crippen molar-refractivity contribution in [3.8, 4) is 6.07 Å². The van der Waals surface area contributed by atoms with Crippen LogP contribution in [0.5, 0.6) is 0 Å². The highest BCUT2D eigenvalue weighted by Crippen LogP contribution is 2.44. The van der Waals surface area contributed by atoms with Gasteiger partial charge in [0.15, 0.2) is 0 Å². The van der Waals surface area contributed by atoms with Crippen LogP contribution in [0.3, 0.4) is 0 Å². The number of fused-ring (bicyclic) bond motifs is 1. The average Bonchev–Trinajstić information content (AvgIpc) is 2.85. The van der Waals surface area contributed by atoms with Crippen LogP contribution in [0.15, 0.2) is 42.5 Å². The summed E-state index contributed by atoms with van der Waals surface area (Å²) in [4.78, 5) is 14.3. The Morgan fingerprint density at radius 3 is 2.41 bits per heavy atom. The second kappa shape index (κ2) is 5.64. The van der Waals surface area contributed by atoms with E-state index >= 15 is 0 Å². The maximum absolute atomic E-state index is 12.8. The molecular weight excluding hydrogens is 319 g/mol. The van der Waals surface area contributed by atoms with Crippen molar-refractivity contribution in [1.29, 1.82) is 5.26 Å². The molecule has 2 unspecified atom stereocenters. The van der Waals surface area contributed by atoms with E-state index in [0.717, 1.165) is 5.56 Å². The third-order valence-electron chi connectivity index (χ3n) is 3.96. The molecule has 0 aromatic heterocycles. The summed E-state index contributed by atoms with van der Waals surface area (Å²) in [7, 11) is 0. The molecule has 110 valence electrons. The molecular formula is C17H12Cl2N2O. The molecule has 1 aliphatic rings. The van der Waals surface area contributed by atoms with Gasteiger partial charge in [-0.2, -0.15) is 5.26 Å². The molecule has 0 bridgehead atoms. The summed E-state index contributed by atoms with van der Waals surface area (Å²) in [6, 6.07) is 14.0. The topological polar surface area (TPSA) is 44.1 Å². The van der Waals surface area contributed by atoms with Gasteiger partial charge in [0, 0.05) is 10.6 Å². The summed E-state index contributed by atoms with van der Waals surface area (Å²) in [5, 5.41) is 10.3. The minimum absolute atomic E-state index is 0.252. The van der Waals surface area contributed by atoms with Gasteiger partial charge in [-0.05, 0) is 24.6 Å². The molecule has 22 heavy (non-hydrogen) atoms. The van der Waals surface area contributed by atoms with E-state index in [4.69, 9.17) is 23.2 Å². The van der Waals surface area contributed by atoms with Crippen LogP contribution in [0.2, 0.25) is 10.0 Å². The fourth-order valence-corrected chi connectivity index (χ4v) is 3.36. The van der Waals surface area contributed by atoms with E-state index in [9.17, 15) is 10.1 Å². The van der Waals surface area contributed by atoms with Gasteiger partial charge in [-0.25, -0.2) is 0 Å². The minimum Gasteiger partial charge on any atom is -0.312 e. The number of hydrogen-bond acceptors (Lipinski definition) is 2. The fourth-order valence-electron chi connectivity index (χ4n) is 2.86. The quantitative estimate of drug-likeness (QED) is 0.795. The predicted octanol–water partition coefficient (Wildman–Crippen LogP) is 4.78. The first-order chi connectivity index (χ1) is 10.6. The SMILES string of the molecule is CC(c1ccccc1)N1C(=O)c2c(Cl)ccc(Cl)c2C1C#N. The van der Waals surface area contributed by atoms with E-state index in [2.05, 4.69) is 6.07 Å². The van der Waals surface area contributed by atoms with E-state index in [-0.39, 0.29) is 11.9 Å². The van der Waals surface area contributed by atoms with Crippen LogP contribution in [-0.2, 0) is 0 Å². The zero-order valence-electron chi connectivity index (χ0n) is 11.8. The average molecular weight is 331 g/mol. The number of amides is 1. The molecule has 2 atom stereocenters. The number of rotatable bonds is 2. The molecule has 0 N–H and O–H groups in total. The maximum Gasteiger partial charge on any atom is 0.257 e. The Morgan fingerprint density at radius 2 is 1.77 bits per heavy atom. The second-order valence-electron chi connectivity index (χ2n) is 5.15. The van der Waals surface area contributed by atoms with Crippen molar-refractivity contribution in [3.63, 3.8) is 0 Å². The van der Waals surface area contributed by atoms with Crippen molar-refractivity contribution in [1.82, 2.24) is 4.90 Å². The van der Waals surface area contributed by atoms with Crippen molar-refractivity contribution in [2.45, 2.75) is 19.0 Å². The minimum atomic E-state index is -0.732. The number of nitrogens with zero attached hydrogens (tertiary/aromatic N) is 2. The van der Waals surface area contributed by atoms with Gasteiger partial charge in [-0.15, -0.1) is 0 Å². The first-order valence-corrected chi connectivity index (χ1v) is 7.57. The molecule has 1 heterocycles. The molecule has 3 nitrogen and oxygen atoms in total. The molecule has 5 heteroatoms. The Bertz CT molecular complexity index is 783. The van der Waals surface area contributed by atoms with Gasteiger partial charge in [0.2, 0.25) is 0 Å². The number of carbonyl (C=O) groups is 1. The fraction of sp³-hybridized carbons (Fsp3) is 0.176. The highest BCUT2D eigenvalue weighted by Gasteiger charge is 2.42. The molecule has 2 aromatic rings. The van der Waals surface area contributed by atoms with Gasteiger partial charge >= 0.3 is 0 Å². The summed E-state index contributed by atoms with van der Waals surface area (Å²) in [5.74, 6) is -0.259. The van der Waals surface area contributed by atoms with Gasteiger partial charge in [0.1, 0.15) is 6.04 Å². The van der Waals surface area contributed by atoms with Crippen molar-refractivity contribution in [2.75, 3.05) is 0 Å². The lowest BCUT2D eigenvalue weighted by Crippen LogP contribution is -2.30. The van der Waals surface area contributed by atoms with Gasteiger partial charge in [-0.3, -0.25) is 4.79 Å². The maximum atomic E-state index is 12.8. The molecule has 0 radical (unpaired) electrons. The second-order valence-corrected chi connectivity index (χ2v) is 5.96. The van der Waals surface area contributed by atoms with Gasteiger partial charge < -0.3 is 4.90 Å². The number of nitriles is 1. The summed E-state index contributed by atoms with van der Waals surface area (Å²) >= 11 is 12.4. The molecule has 2 aromatic carbocycles. The van der Waals surface area contributed by atoms with E-state index in [1.54, 1.807) is 12.1 Å². The van der Waals surface area contributed by atoms with Crippen molar-refractivity contribution < 1.29 is 4.79 Å².